The molecule has 3 aliphatic heterocycles. The van der Waals surface area contributed by atoms with Crippen molar-refractivity contribution >= 4 is 9.84 Å². The van der Waals surface area contributed by atoms with Crippen LogP contribution in [0.5, 0.6) is 0 Å². The molecule has 3 aliphatic rings. The maximum atomic E-state index is 12.6. The molecule has 138 valence electrons. The first-order valence-corrected chi connectivity index (χ1v) is 10.2. The number of alkyl halides is 3. The fraction of sp³-hybridized carbons (Fsp3) is 0.647. The third-order valence-corrected chi connectivity index (χ3v) is 7.73. The summed E-state index contributed by atoms with van der Waals surface area (Å²) in [5.74, 6) is 0.568. The zero-order valence-electron chi connectivity index (χ0n) is 13.6. The Bertz CT molecular complexity index is 748. The number of sulfone groups is 1. The number of ether oxygens (including phenoxy) is 1. The fourth-order valence-corrected chi connectivity index (χ4v) is 6.64. The number of halogens is 3. The molecule has 0 aromatic heterocycles. The molecule has 1 spiro atoms. The molecule has 3 fully saturated rings. The van der Waals surface area contributed by atoms with E-state index in [1.54, 1.807) is 0 Å². The molecule has 2 atom stereocenters. The van der Waals surface area contributed by atoms with E-state index in [1.807, 2.05) is 0 Å². The number of benzene rings is 1. The zero-order valence-corrected chi connectivity index (χ0v) is 14.4. The Hall–Kier alpha value is -1.12. The van der Waals surface area contributed by atoms with Crippen molar-refractivity contribution in [2.24, 2.45) is 5.41 Å². The minimum absolute atomic E-state index is 0.0781. The van der Waals surface area contributed by atoms with Crippen molar-refractivity contribution in [2.75, 3.05) is 31.2 Å². The molecule has 3 saturated heterocycles. The van der Waals surface area contributed by atoms with Gasteiger partial charge in [-0.3, -0.25) is 4.90 Å². The van der Waals surface area contributed by atoms with Gasteiger partial charge < -0.3 is 4.74 Å². The molecule has 4 rings (SSSR count). The molecule has 0 N–H and O–H groups in total. The van der Waals surface area contributed by atoms with E-state index in [9.17, 15) is 21.6 Å². The van der Waals surface area contributed by atoms with Gasteiger partial charge in [0.05, 0.1) is 29.8 Å². The van der Waals surface area contributed by atoms with Gasteiger partial charge in [0, 0.05) is 18.0 Å². The smallest absolute Gasteiger partial charge is 0.372 e. The second kappa shape index (κ2) is 5.69. The van der Waals surface area contributed by atoms with E-state index in [0.29, 0.717) is 6.61 Å². The molecule has 8 heteroatoms. The van der Waals surface area contributed by atoms with Gasteiger partial charge in [-0.05, 0) is 37.1 Å². The summed E-state index contributed by atoms with van der Waals surface area (Å²) in [6.07, 6.45) is -2.90. The predicted molar refractivity (Wildman–Crippen MR) is 85.8 cm³/mol. The Labute approximate surface area is 144 Å². The van der Waals surface area contributed by atoms with Gasteiger partial charge in [-0.25, -0.2) is 8.42 Å². The predicted octanol–water partition coefficient (Wildman–Crippen LogP) is 2.66. The Morgan fingerprint density at radius 1 is 1.16 bits per heavy atom. The standard InChI is InChI=1S/C17H20F3NO3S/c18-17(19,20)13-3-1-12(2-4-13)15-7-14(8-24-15)21-6-5-16(9-21)10-25(22,23)11-16/h1-4,14-15H,5-11H2/t14-,15-/m0/s1. The Morgan fingerprint density at radius 3 is 2.44 bits per heavy atom. The number of rotatable bonds is 2. The van der Waals surface area contributed by atoms with E-state index in [0.717, 1.165) is 43.6 Å². The van der Waals surface area contributed by atoms with Crippen LogP contribution in [0.3, 0.4) is 0 Å². The van der Waals surface area contributed by atoms with Crippen LogP contribution in [-0.2, 0) is 20.8 Å². The van der Waals surface area contributed by atoms with Crippen LogP contribution < -0.4 is 0 Å². The number of hydrogen-bond acceptors (Lipinski definition) is 4. The monoisotopic (exact) mass is 375 g/mol. The van der Waals surface area contributed by atoms with E-state index in [-0.39, 0.29) is 29.1 Å². The number of likely N-dealkylation sites (tertiary alicyclic amines) is 1. The highest BCUT2D eigenvalue weighted by atomic mass is 32.2. The Balaban J connectivity index is 1.37. The Morgan fingerprint density at radius 2 is 1.84 bits per heavy atom. The van der Waals surface area contributed by atoms with Crippen LogP contribution in [-0.4, -0.2) is 50.6 Å². The summed E-state index contributed by atoms with van der Waals surface area (Å²) in [5, 5.41) is 0. The minimum Gasteiger partial charge on any atom is -0.372 e. The van der Waals surface area contributed by atoms with Gasteiger partial charge in [0.25, 0.3) is 0 Å². The summed E-state index contributed by atoms with van der Waals surface area (Å²) < 4.78 is 66.7. The van der Waals surface area contributed by atoms with E-state index in [4.69, 9.17) is 4.74 Å². The van der Waals surface area contributed by atoms with E-state index < -0.39 is 21.6 Å². The van der Waals surface area contributed by atoms with E-state index >= 15 is 0 Å². The molecule has 0 unspecified atom stereocenters. The number of hydrogen-bond donors (Lipinski definition) is 0. The van der Waals surface area contributed by atoms with Crippen LogP contribution in [0.4, 0.5) is 13.2 Å². The molecule has 0 amide bonds. The minimum atomic E-state index is -4.33. The summed E-state index contributed by atoms with van der Waals surface area (Å²) in [7, 11) is -2.84. The summed E-state index contributed by atoms with van der Waals surface area (Å²) in [6.45, 7) is 2.18. The zero-order chi connectivity index (χ0) is 17.9. The molecule has 1 aromatic carbocycles. The summed E-state index contributed by atoms with van der Waals surface area (Å²) in [6, 6.07) is 5.36. The lowest BCUT2D eigenvalue weighted by atomic mass is 9.91. The van der Waals surface area contributed by atoms with Crippen LogP contribution >= 0.6 is 0 Å². The van der Waals surface area contributed by atoms with Gasteiger partial charge in [-0.1, -0.05) is 12.1 Å². The van der Waals surface area contributed by atoms with Crippen LogP contribution in [0.2, 0.25) is 0 Å². The van der Waals surface area contributed by atoms with Crippen LogP contribution in [0.1, 0.15) is 30.1 Å². The third kappa shape index (κ3) is 3.31. The number of nitrogens with zero attached hydrogens (tertiary/aromatic N) is 1. The van der Waals surface area contributed by atoms with Gasteiger partial charge in [-0.15, -0.1) is 0 Å². The van der Waals surface area contributed by atoms with Crippen molar-refractivity contribution < 1.29 is 26.3 Å². The van der Waals surface area contributed by atoms with Crippen molar-refractivity contribution in [3.63, 3.8) is 0 Å². The first-order valence-electron chi connectivity index (χ1n) is 8.39. The molecule has 25 heavy (non-hydrogen) atoms. The molecule has 0 radical (unpaired) electrons. The fourth-order valence-electron chi connectivity index (χ4n) is 4.39. The van der Waals surface area contributed by atoms with Gasteiger partial charge in [0.2, 0.25) is 0 Å². The molecule has 0 bridgehead atoms. The van der Waals surface area contributed by atoms with Crippen LogP contribution in [0.25, 0.3) is 0 Å². The molecular weight excluding hydrogens is 355 g/mol. The van der Waals surface area contributed by atoms with Gasteiger partial charge in [-0.2, -0.15) is 13.2 Å². The maximum Gasteiger partial charge on any atom is 0.416 e. The third-order valence-electron chi connectivity index (χ3n) is 5.62. The normalized spacial score (nSPS) is 31.3. The SMILES string of the molecule is O=S1(=O)CC2(CCN([C@@H]3CO[C@H](c4ccc(C(F)(F)F)cc4)C3)C2)C1. The highest BCUT2D eigenvalue weighted by molar-refractivity contribution is 7.92. The molecule has 0 aliphatic carbocycles. The summed E-state index contributed by atoms with van der Waals surface area (Å²) in [5.41, 5.74) is 0.0276. The van der Waals surface area contributed by atoms with Crippen molar-refractivity contribution in [1.82, 2.24) is 4.90 Å². The van der Waals surface area contributed by atoms with Crippen molar-refractivity contribution in [3.05, 3.63) is 35.4 Å². The van der Waals surface area contributed by atoms with Crippen molar-refractivity contribution in [3.8, 4) is 0 Å². The lowest BCUT2D eigenvalue weighted by Crippen LogP contribution is -2.51. The topological polar surface area (TPSA) is 46.6 Å². The first kappa shape index (κ1) is 17.3. The molecule has 0 saturated carbocycles. The average molecular weight is 375 g/mol. The molecule has 3 heterocycles. The van der Waals surface area contributed by atoms with Gasteiger partial charge in [0.1, 0.15) is 0 Å². The summed E-state index contributed by atoms with van der Waals surface area (Å²) >= 11 is 0. The highest BCUT2D eigenvalue weighted by Crippen LogP contribution is 2.44. The van der Waals surface area contributed by atoms with Crippen molar-refractivity contribution in [2.45, 2.75) is 31.2 Å². The Kier molecular flexibility index (Phi) is 3.94. The maximum absolute atomic E-state index is 12.6. The lowest BCUT2D eigenvalue weighted by molar-refractivity contribution is -0.137. The largest absolute Gasteiger partial charge is 0.416 e. The van der Waals surface area contributed by atoms with Gasteiger partial charge in [0.15, 0.2) is 9.84 Å². The van der Waals surface area contributed by atoms with Crippen LogP contribution in [0.15, 0.2) is 24.3 Å². The van der Waals surface area contributed by atoms with Crippen molar-refractivity contribution in [1.29, 1.82) is 0 Å². The molecule has 1 aromatic rings. The molecular formula is C17H20F3NO3S. The highest BCUT2D eigenvalue weighted by Gasteiger charge is 2.53. The summed E-state index contributed by atoms with van der Waals surface area (Å²) in [4.78, 5) is 2.29. The molecule has 4 nitrogen and oxygen atoms in total. The lowest BCUT2D eigenvalue weighted by Gasteiger charge is -2.38. The van der Waals surface area contributed by atoms with E-state index in [1.165, 1.54) is 12.1 Å². The average Bonchev–Trinajstić information content (AvgIpc) is 3.12. The quantitative estimate of drug-likeness (QED) is 0.797. The first-order chi connectivity index (χ1) is 11.7. The van der Waals surface area contributed by atoms with Gasteiger partial charge >= 0.3 is 6.18 Å². The van der Waals surface area contributed by atoms with E-state index in [2.05, 4.69) is 4.90 Å². The second-order valence-electron chi connectivity index (χ2n) is 7.58. The second-order valence-corrected chi connectivity index (χ2v) is 9.65. The van der Waals surface area contributed by atoms with Crippen LogP contribution in [0, 0.1) is 5.41 Å².